The van der Waals surface area contributed by atoms with E-state index in [1.54, 1.807) is 58.0 Å². The molecule has 3 aromatic rings. The lowest BCUT2D eigenvalue weighted by molar-refractivity contribution is -0.146. The summed E-state index contributed by atoms with van der Waals surface area (Å²) in [5.41, 5.74) is 2.89. The lowest BCUT2D eigenvalue weighted by Gasteiger charge is -2.39. The number of nitrogens with zero attached hydrogens (tertiary/aromatic N) is 4. The number of methoxy groups -OCH3 is 1. The van der Waals surface area contributed by atoms with E-state index in [1.807, 2.05) is 0 Å². The standard InChI is InChI=1S/C29H42N7O10P/c1-15(2)19(24(38)39)34-47(43,35-29(16(3)4,26(40)41)12-17-10-8-7-9-11-17)45-13-18-21(37)28(5,42)25(46-18)36-14-31-20-22(36)32-27(30)33-23(20)44-6/h7-11,14-16,18-19,21,25,37,42H,12-13H2,1-6H3,(H,38,39)(H,40,41)(H2,30,32,33)(H2,34,35,43)/t18-,19+,21-,25-,28-,29-,47?/m1/s1. The number of carboxylic acids is 2. The maximum Gasteiger partial charge on any atom is 0.342 e. The van der Waals surface area contributed by atoms with Crippen molar-refractivity contribution < 1.29 is 48.6 Å². The molecule has 0 radical (unpaired) electrons. The minimum Gasteiger partial charge on any atom is -0.480 e. The summed E-state index contributed by atoms with van der Waals surface area (Å²) in [6.07, 6.45) is -3.14. The molecule has 0 aliphatic carbocycles. The second kappa shape index (κ2) is 13.8. The predicted octanol–water partition coefficient (Wildman–Crippen LogP) is 1.56. The van der Waals surface area contributed by atoms with E-state index in [-0.39, 0.29) is 29.4 Å². The van der Waals surface area contributed by atoms with Gasteiger partial charge in [0.2, 0.25) is 11.8 Å². The minimum absolute atomic E-state index is 0.0723. The number of carboxylic acid groups (broad SMARTS) is 2. The molecule has 7 atom stereocenters. The number of fused-ring (bicyclic) bond motifs is 1. The first-order valence-corrected chi connectivity index (χ1v) is 16.5. The molecule has 0 bridgehead atoms. The number of aliphatic carboxylic acids is 2. The Hall–Kier alpha value is -3.70. The third kappa shape index (κ3) is 7.26. The van der Waals surface area contributed by atoms with Crippen molar-refractivity contribution in [2.45, 2.75) is 76.7 Å². The molecule has 17 nitrogen and oxygen atoms in total. The summed E-state index contributed by atoms with van der Waals surface area (Å²) < 4.78 is 33.0. The van der Waals surface area contributed by atoms with Crippen molar-refractivity contribution in [3.8, 4) is 5.88 Å². The average molecular weight is 680 g/mol. The first kappa shape index (κ1) is 36.1. The highest BCUT2D eigenvalue weighted by molar-refractivity contribution is 7.54. The van der Waals surface area contributed by atoms with Crippen molar-refractivity contribution in [1.29, 1.82) is 0 Å². The highest BCUT2D eigenvalue weighted by Crippen LogP contribution is 2.47. The predicted molar refractivity (Wildman–Crippen MR) is 168 cm³/mol. The number of ether oxygens (including phenoxy) is 2. The van der Waals surface area contributed by atoms with Crippen LogP contribution in [0, 0.1) is 11.8 Å². The molecule has 2 aromatic heterocycles. The fourth-order valence-electron chi connectivity index (χ4n) is 5.47. The van der Waals surface area contributed by atoms with Crippen LogP contribution in [0.4, 0.5) is 5.95 Å². The van der Waals surface area contributed by atoms with Gasteiger partial charge < -0.3 is 40.2 Å². The molecule has 0 saturated carbocycles. The van der Waals surface area contributed by atoms with Crippen LogP contribution in [-0.4, -0.2) is 95.0 Å². The number of aliphatic hydroxyl groups excluding tert-OH is 1. The van der Waals surface area contributed by atoms with Crippen molar-refractivity contribution in [2.24, 2.45) is 11.8 Å². The van der Waals surface area contributed by atoms with Gasteiger partial charge in [-0.25, -0.2) is 15.2 Å². The SMILES string of the molecule is COc1nc(N)nc2c1ncn2[C@@H]1O[C@H](COP(=O)(N[C@H](C(=O)O)C(C)C)N[C@@](Cc2ccccc2)(C(=O)O)C(C)C)[C@@H](O)[C@@]1(C)O. The number of hydrogen-bond donors (Lipinski definition) is 7. The number of nitrogens with one attached hydrogen (secondary N) is 2. The maximum atomic E-state index is 14.6. The summed E-state index contributed by atoms with van der Waals surface area (Å²) in [5.74, 6) is -4.04. The summed E-state index contributed by atoms with van der Waals surface area (Å²) in [6.45, 7) is 7.05. The monoisotopic (exact) mass is 679 g/mol. The Morgan fingerprint density at radius 1 is 1.19 bits per heavy atom. The fourth-order valence-corrected chi connectivity index (χ4v) is 7.77. The zero-order chi connectivity index (χ0) is 34.9. The van der Waals surface area contributed by atoms with Gasteiger partial charge in [0.05, 0.1) is 20.0 Å². The van der Waals surface area contributed by atoms with E-state index < -0.39 is 73.7 Å². The number of nitrogen functional groups attached to an aromatic ring is 1. The lowest BCUT2D eigenvalue weighted by atomic mass is 9.82. The quantitative estimate of drug-likeness (QED) is 0.113. The Labute approximate surface area is 271 Å². The molecular formula is C29H42N7O10P. The molecule has 1 aromatic carbocycles. The number of aliphatic hydroxyl groups is 2. The molecule has 1 unspecified atom stereocenters. The smallest absolute Gasteiger partial charge is 0.342 e. The van der Waals surface area contributed by atoms with Gasteiger partial charge in [-0.1, -0.05) is 58.0 Å². The summed E-state index contributed by atoms with van der Waals surface area (Å²) in [7, 11) is -3.25. The van der Waals surface area contributed by atoms with Crippen LogP contribution in [0.3, 0.4) is 0 Å². The normalized spacial score (nSPS) is 24.7. The third-order valence-electron chi connectivity index (χ3n) is 8.31. The van der Waals surface area contributed by atoms with Crippen LogP contribution >= 0.6 is 7.67 Å². The van der Waals surface area contributed by atoms with Crippen molar-refractivity contribution in [3.05, 3.63) is 42.2 Å². The van der Waals surface area contributed by atoms with Gasteiger partial charge >= 0.3 is 19.6 Å². The second-order valence-electron chi connectivity index (χ2n) is 12.4. The third-order valence-corrected chi connectivity index (χ3v) is 10.1. The number of anilines is 1. The molecule has 1 aliphatic rings. The molecule has 8 N–H and O–H groups in total. The molecule has 47 heavy (non-hydrogen) atoms. The number of carbonyl (C=O) groups is 2. The highest BCUT2D eigenvalue weighted by Gasteiger charge is 2.55. The molecule has 18 heteroatoms. The summed E-state index contributed by atoms with van der Waals surface area (Å²) in [4.78, 5) is 37.5. The number of aromatic nitrogens is 4. The molecule has 1 saturated heterocycles. The van der Waals surface area contributed by atoms with Crippen LogP contribution in [0.1, 0.15) is 46.4 Å². The van der Waals surface area contributed by atoms with Crippen LogP contribution in [0.5, 0.6) is 5.88 Å². The zero-order valence-corrected chi connectivity index (χ0v) is 27.8. The first-order chi connectivity index (χ1) is 22.0. The Morgan fingerprint density at radius 3 is 2.40 bits per heavy atom. The van der Waals surface area contributed by atoms with Gasteiger partial charge in [-0.05, 0) is 24.3 Å². The van der Waals surface area contributed by atoms with E-state index >= 15 is 0 Å². The first-order valence-electron chi connectivity index (χ1n) is 14.9. The summed E-state index contributed by atoms with van der Waals surface area (Å²) in [6, 6.07) is 7.24. The minimum atomic E-state index is -4.61. The molecule has 3 heterocycles. The van der Waals surface area contributed by atoms with Crippen molar-refractivity contribution >= 4 is 36.7 Å². The highest BCUT2D eigenvalue weighted by atomic mass is 31.2. The van der Waals surface area contributed by atoms with Crippen LogP contribution in [0.2, 0.25) is 0 Å². The Kier molecular flexibility index (Phi) is 10.6. The molecule has 4 rings (SSSR count). The van der Waals surface area contributed by atoms with Gasteiger partial charge in [0.1, 0.15) is 29.4 Å². The number of hydrogen-bond acceptors (Lipinski definition) is 12. The second-order valence-corrected chi connectivity index (χ2v) is 14.2. The molecule has 1 aliphatic heterocycles. The van der Waals surface area contributed by atoms with E-state index in [4.69, 9.17) is 19.7 Å². The van der Waals surface area contributed by atoms with E-state index in [2.05, 4.69) is 25.1 Å². The van der Waals surface area contributed by atoms with Gasteiger partial charge in [0.25, 0.3) is 0 Å². The molecule has 1 fully saturated rings. The lowest BCUT2D eigenvalue weighted by Crippen LogP contribution is -2.59. The molecule has 0 spiro atoms. The van der Waals surface area contributed by atoms with Gasteiger partial charge in [-0.3, -0.25) is 18.7 Å². The molecule has 258 valence electrons. The number of rotatable bonds is 15. The number of imidazole rings is 1. The molecule has 0 amide bonds. The Morgan fingerprint density at radius 2 is 1.85 bits per heavy atom. The Bertz CT molecular complexity index is 1640. The van der Waals surface area contributed by atoms with Crippen molar-refractivity contribution in [2.75, 3.05) is 19.5 Å². The van der Waals surface area contributed by atoms with Gasteiger partial charge in [0.15, 0.2) is 17.4 Å². The van der Waals surface area contributed by atoms with E-state index in [0.29, 0.717) is 5.56 Å². The van der Waals surface area contributed by atoms with Gasteiger partial charge in [-0.2, -0.15) is 9.97 Å². The maximum absolute atomic E-state index is 14.6. The van der Waals surface area contributed by atoms with Crippen LogP contribution < -0.4 is 20.6 Å². The van der Waals surface area contributed by atoms with Gasteiger partial charge in [0, 0.05) is 6.42 Å². The zero-order valence-electron chi connectivity index (χ0n) is 26.9. The number of nitrogens with two attached hydrogens (primary N) is 1. The van der Waals surface area contributed by atoms with Crippen LogP contribution in [0.15, 0.2) is 36.7 Å². The Balaban J connectivity index is 1.69. The average Bonchev–Trinajstić information content (AvgIpc) is 3.51. The van der Waals surface area contributed by atoms with Crippen LogP contribution in [0.25, 0.3) is 11.2 Å². The van der Waals surface area contributed by atoms with E-state index in [1.165, 1.54) is 24.9 Å². The summed E-state index contributed by atoms with van der Waals surface area (Å²) in [5, 5.41) is 48.2. The number of benzene rings is 1. The fraction of sp³-hybridized carbons (Fsp3) is 0.552. The van der Waals surface area contributed by atoms with Crippen LogP contribution in [-0.2, 0) is 29.8 Å². The van der Waals surface area contributed by atoms with Crippen molar-refractivity contribution in [1.82, 2.24) is 29.7 Å². The van der Waals surface area contributed by atoms with Crippen molar-refractivity contribution in [3.63, 3.8) is 0 Å². The molecular weight excluding hydrogens is 637 g/mol. The topological polar surface area (TPSA) is 253 Å². The van der Waals surface area contributed by atoms with Gasteiger partial charge in [-0.15, -0.1) is 0 Å². The van der Waals surface area contributed by atoms with E-state index in [9.17, 15) is 34.6 Å². The van der Waals surface area contributed by atoms with E-state index in [0.717, 1.165) is 0 Å². The summed E-state index contributed by atoms with van der Waals surface area (Å²) >= 11 is 0. The largest absolute Gasteiger partial charge is 0.480 e.